The summed E-state index contributed by atoms with van der Waals surface area (Å²) in [6.07, 6.45) is 1.04. The predicted octanol–water partition coefficient (Wildman–Crippen LogP) is 5.32. The van der Waals surface area contributed by atoms with Crippen LogP contribution in [0.25, 0.3) is 10.8 Å². The van der Waals surface area contributed by atoms with Gasteiger partial charge in [0.25, 0.3) is 5.91 Å². The van der Waals surface area contributed by atoms with Gasteiger partial charge in [0.05, 0.1) is 25.1 Å². The lowest BCUT2D eigenvalue weighted by molar-refractivity contribution is -0.244. The Kier molecular flexibility index (Phi) is 12.0. The number of methoxy groups -OCH3 is 1. The molecule has 0 radical (unpaired) electrons. The molecular formula is C38H47ClF3N5O9S. The average Bonchev–Trinajstić information content (AvgIpc) is 4.06. The second-order valence-corrected chi connectivity index (χ2v) is 18.0. The minimum atomic E-state index is -4.92. The number of rotatable bonds is 9. The van der Waals surface area contributed by atoms with Crippen LogP contribution in [0.4, 0.5) is 18.0 Å². The molecule has 1 saturated heterocycles. The highest BCUT2D eigenvalue weighted by Crippen LogP contribution is 2.46. The van der Waals surface area contributed by atoms with Gasteiger partial charge in [0.15, 0.2) is 0 Å². The Bertz CT molecular complexity index is 2050. The quantitative estimate of drug-likeness (QED) is 0.280. The second-order valence-electron chi connectivity index (χ2n) is 15.7. The third-order valence-electron chi connectivity index (χ3n) is 11.2. The van der Waals surface area contributed by atoms with E-state index in [1.54, 1.807) is 31.2 Å². The van der Waals surface area contributed by atoms with Gasteiger partial charge >= 0.3 is 12.3 Å². The first-order valence-electron chi connectivity index (χ1n) is 19.0. The summed E-state index contributed by atoms with van der Waals surface area (Å²) >= 11 is 6.32. The van der Waals surface area contributed by atoms with E-state index in [0.29, 0.717) is 80.3 Å². The molecule has 3 fully saturated rings. The molecule has 6 atom stereocenters. The predicted molar refractivity (Wildman–Crippen MR) is 202 cm³/mol. The Hall–Kier alpha value is -4.32. The van der Waals surface area contributed by atoms with E-state index in [1.165, 1.54) is 18.2 Å². The van der Waals surface area contributed by atoms with Crippen LogP contribution in [-0.4, -0.2) is 96.5 Å². The fraction of sp³-hybridized carbons (Fsp3) is 0.605. The molecule has 0 spiro atoms. The summed E-state index contributed by atoms with van der Waals surface area (Å²) in [5.41, 5.74) is -4.52. The molecular weight excluding hydrogens is 795 g/mol. The lowest BCUT2D eigenvalue weighted by Crippen LogP contribution is -2.59. The number of pyridine rings is 1. The van der Waals surface area contributed by atoms with Gasteiger partial charge < -0.3 is 29.7 Å². The van der Waals surface area contributed by atoms with Crippen LogP contribution in [0.2, 0.25) is 5.02 Å². The molecule has 4 amide bonds. The van der Waals surface area contributed by atoms with Crippen LogP contribution in [0.15, 0.2) is 36.5 Å². The average molecular weight is 842 g/mol. The van der Waals surface area contributed by atoms with Gasteiger partial charge in [-0.2, -0.15) is 13.2 Å². The van der Waals surface area contributed by atoms with Crippen molar-refractivity contribution in [2.75, 3.05) is 13.7 Å². The number of carbonyl (C=O) groups is 4. The number of amides is 4. The Morgan fingerprint density at radius 3 is 2.53 bits per heavy atom. The molecule has 19 heteroatoms. The number of nitrogens with zero attached hydrogens (tertiary/aromatic N) is 2. The maximum Gasteiger partial charge on any atom is 0.427 e. The molecule has 0 bridgehead atoms. The molecule has 3 N–H and O–H groups in total. The summed E-state index contributed by atoms with van der Waals surface area (Å²) in [6, 6.07) is 2.24. The number of sulfonamides is 1. The van der Waals surface area contributed by atoms with Crippen LogP contribution in [-0.2, 0) is 29.1 Å². The molecule has 312 valence electrons. The van der Waals surface area contributed by atoms with E-state index < -0.39 is 86.4 Å². The number of hydrogen-bond donors (Lipinski definition) is 3. The van der Waals surface area contributed by atoms with Gasteiger partial charge in [0, 0.05) is 28.1 Å². The summed E-state index contributed by atoms with van der Waals surface area (Å²) in [5, 5.41) is 5.93. The first-order valence-corrected chi connectivity index (χ1v) is 20.9. The van der Waals surface area contributed by atoms with Crippen LogP contribution in [0, 0.1) is 11.8 Å². The topological polar surface area (TPSA) is 182 Å². The largest absolute Gasteiger partial charge is 0.494 e. The zero-order valence-corrected chi connectivity index (χ0v) is 33.6. The Morgan fingerprint density at radius 1 is 1.12 bits per heavy atom. The van der Waals surface area contributed by atoms with Gasteiger partial charge in [-0.05, 0) is 76.5 Å². The zero-order valence-electron chi connectivity index (χ0n) is 32.0. The Morgan fingerprint density at radius 2 is 1.86 bits per heavy atom. The highest BCUT2D eigenvalue weighted by atomic mass is 35.5. The summed E-state index contributed by atoms with van der Waals surface area (Å²) in [6.45, 7) is 2.93. The molecule has 4 aliphatic rings. The second kappa shape index (κ2) is 16.1. The van der Waals surface area contributed by atoms with Crippen molar-refractivity contribution in [1.29, 1.82) is 0 Å². The minimum Gasteiger partial charge on any atom is -0.494 e. The zero-order chi connectivity index (χ0) is 41.5. The highest BCUT2D eigenvalue weighted by molar-refractivity contribution is 7.91. The maximum atomic E-state index is 14.8. The van der Waals surface area contributed by atoms with E-state index in [2.05, 4.69) is 20.3 Å². The van der Waals surface area contributed by atoms with Crippen molar-refractivity contribution in [3.63, 3.8) is 0 Å². The van der Waals surface area contributed by atoms with Gasteiger partial charge in [0.2, 0.25) is 33.3 Å². The highest BCUT2D eigenvalue weighted by Gasteiger charge is 2.62. The van der Waals surface area contributed by atoms with Crippen molar-refractivity contribution in [2.24, 2.45) is 11.8 Å². The first-order chi connectivity index (χ1) is 26.8. The van der Waals surface area contributed by atoms with Gasteiger partial charge in [-0.25, -0.2) is 18.2 Å². The standard InChI is InChI=1S/C38H47ClF3N5O9S/c1-5-21-10-8-6-7-9-11-22-18-37(22,34(50)46-57(52,53)25-13-14-25)45-31(48)28-17-24(55-32-27-16-23(39)12-15-26(27)29(54-4)19-43-32)20-47(28)33(49)30(21)44-35(51)56-36(2,3)38(40,41)42/h9,11-12,15-16,19,21-22,24-25,28,30H,5-8,10,13-14,17-18,20H2,1-4H3,(H,44,51)(H,45,48)(H,46,50)/b11-9-/t21-,22-,24-,28+,30+,37-/m1/s1. The van der Waals surface area contributed by atoms with Crippen molar-refractivity contribution in [1.82, 2.24) is 25.2 Å². The van der Waals surface area contributed by atoms with Crippen molar-refractivity contribution in [3.05, 3.63) is 41.6 Å². The van der Waals surface area contributed by atoms with E-state index in [4.69, 9.17) is 25.8 Å². The van der Waals surface area contributed by atoms with Crippen molar-refractivity contribution in [3.8, 4) is 11.6 Å². The van der Waals surface area contributed by atoms with Gasteiger partial charge in [-0.3, -0.25) is 19.1 Å². The number of aromatic nitrogens is 1. The van der Waals surface area contributed by atoms with Gasteiger partial charge in [0.1, 0.15) is 29.5 Å². The third kappa shape index (κ3) is 9.06. The van der Waals surface area contributed by atoms with E-state index in [9.17, 15) is 40.8 Å². The molecule has 2 aromatic rings. The fourth-order valence-electron chi connectivity index (χ4n) is 7.46. The van der Waals surface area contributed by atoms with E-state index in [1.807, 2.05) is 6.08 Å². The monoisotopic (exact) mass is 841 g/mol. The lowest BCUT2D eigenvalue weighted by atomic mass is 9.89. The van der Waals surface area contributed by atoms with Gasteiger partial charge in [-0.1, -0.05) is 43.5 Å². The molecule has 1 aromatic heterocycles. The number of alkyl carbamates (subject to hydrolysis) is 1. The molecule has 57 heavy (non-hydrogen) atoms. The summed E-state index contributed by atoms with van der Waals surface area (Å²) in [5.74, 6) is -3.03. The lowest BCUT2D eigenvalue weighted by Gasteiger charge is -2.34. The summed E-state index contributed by atoms with van der Waals surface area (Å²) < 4.78 is 85.7. The molecule has 0 unspecified atom stereocenters. The normalized spacial score (nSPS) is 27.9. The van der Waals surface area contributed by atoms with Crippen molar-refractivity contribution >= 4 is 56.2 Å². The van der Waals surface area contributed by atoms with E-state index in [0.717, 1.165) is 0 Å². The van der Waals surface area contributed by atoms with Crippen molar-refractivity contribution < 1.29 is 55.0 Å². The van der Waals surface area contributed by atoms with Crippen LogP contribution in [0.3, 0.4) is 0 Å². The van der Waals surface area contributed by atoms with Crippen molar-refractivity contribution in [2.45, 2.75) is 119 Å². The van der Waals surface area contributed by atoms with Crippen LogP contribution in [0.1, 0.15) is 78.6 Å². The number of allylic oxidation sites excluding steroid dienone is 1. The Labute approximate surface area is 333 Å². The van der Waals surface area contributed by atoms with E-state index >= 15 is 0 Å². The molecule has 14 nitrogen and oxygen atoms in total. The summed E-state index contributed by atoms with van der Waals surface area (Å²) in [7, 11) is -2.51. The SMILES string of the molecule is CC[C@@H]1CCCC/C=C\[C@@H]2C[C@@]2(C(=O)NS(=O)(=O)C2CC2)NC(=O)[C@@H]2C[C@@H](Oc3ncc(OC)c4ccc(Cl)cc34)CN2C(=O)[C@H]1NC(=O)OC(C)(C)C(F)(F)F. The number of carbonyl (C=O) groups excluding carboxylic acids is 4. The molecule has 2 aliphatic carbocycles. The number of hydrogen-bond acceptors (Lipinski definition) is 10. The molecule has 2 saturated carbocycles. The summed E-state index contributed by atoms with van der Waals surface area (Å²) in [4.78, 5) is 61.7. The fourth-order valence-corrected chi connectivity index (χ4v) is 9.00. The molecule has 1 aromatic carbocycles. The number of benzene rings is 1. The van der Waals surface area contributed by atoms with Gasteiger partial charge in [-0.15, -0.1) is 0 Å². The maximum absolute atomic E-state index is 14.8. The smallest absolute Gasteiger partial charge is 0.427 e. The van der Waals surface area contributed by atoms with Crippen LogP contribution >= 0.6 is 11.6 Å². The Balaban J connectivity index is 1.36. The number of halogens is 4. The van der Waals surface area contributed by atoms with E-state index in [-0.39, 0.29) is 25.3 Å². The molecule has 2 aliphatic heterocycles. The number of nitrogens with one attached hydrogen (secondary N) is 3. The number of fused-ring (bicyclic) bond motifs is 3. The number of ether oxygens (including phenoxy) is 3. The number of alkyl halides is 3. The minimum absolute atomic E-state index is 0.104. The molecule has 3 heterocycles. The first kappa shape index (κ1) is 42.3. The van der Waals surface area contributed by atoms with Crippen LogP contribution in [0.5, 0.6) is 11.6 Å². The third-order valence-corrected chi connectivity index (χ3v) is 13.3. The van der Waals surface area contributed by atoms with Crippen LogP contribution < -0.4 is 24.8 Å². The molecule has 6 rings (SSSR count).